The summed E-state index contributed by atoms with van der Waals surface area (Å²) < 4.78 is 5.11. The Morgan fingerprint density at radius 2 is 1.95 bits per heavy atom. The maximum atomic E-state index is 12.0. The van der Waals surface area contributed by atoms with Crippen molar-refractivity contribution in [1.82, 2.24) is 5.32 Å². The first kappa shape index (κ1) is 13.1. The SMILES string of the molecule is COc1cccc(C(=O)NCc2ccccc2C)c1. The van der Waals surface area contributed by atoms with Gasteiger partial charge in [0.05, 0.1) is 7.11 Å². The lowest BCUT2D eigenvalue weighted by Crippen LogP contribution is -2.23. The van der Waals surface area contributed by atoms with Crippen molar-refractivity contribution in [2.24, 2.45) is 0 Å². The molecule has 2 aromatic carbocycles. The van der Waals surface area contributed by atoms with E-state index in [1.807, 2.05) is 43.3 Å². The van der Waals surface area contributed by atoms with Crippen LogP contribution in [0.1, 0.15) is 21.5 Å². The molecule has 0 heterocycles. The Morgan fingerprint density at radius 3 is 2.68 bits per heavy atom. The van der Waals surface area contributed by atoms with E-state index in [1.165, 1.54) is 5.56 Å². The Bertz CT molecular complexity index is 578. The van der Waals surface area contributed by atoms with Crippen LogP contribution in [0.2, 0.25) is 0 Å². The van der Waals surface area contributed by atoms with E-state index in [0.717, 1.165) is 5.56 Å². The maximum absolute atomic E-state index is 12.0. The highest BCUT2D eigenvalue weighted by atomic mass is 16.5. The van der Waals surface area contributed by atoms with Gasteiger partial charge in [0.25, 0.3) is 5.91 Å². The number of carbonyl (C=O) groups excluding carboxylic acids is 1. The van der Waals surface area contributed by atoms with Crippen LogP contribution in [0.3, 0.4) is 0 Å². The molecule has 0 aliphatic carbocycles. The first-order valence-corrected chi connectivity index (χ1v) is 6.17. The van der Waals surface area contributed by atoms with Gasteiger partial charge in [-0.05, 0) is 36.2 Å². The van der Waals surface area contributed by atoms with E-state index >= 15 is 0 Å². The fourth-order valence-corrected chi connectivity index (χ4v) is 1.85. The summed E-state index contributed by atoms with van der Waals surface area (Å²) in [7, 11) is 1.59. The number of hydrogen-bond acceptors (Lipinski definition) is 2. The lowest BCUT2D eigenvalue weighted by molar-refractivity contribution is 0.0950. The van der Waals surface area contributed by atoms with Gasteiger partial charge in [-0.15, -0.1) is 0 Å². The minimum atomic E-state index is -0.0952. The molecule has 98 valence electrons. The van der Waals surface area contributed by atoms with Gasteiger partial charge in [-0.1, -0.05) is 30.3 Å². The Morgan fingerprint density at radius 1 is 1.16 bits per heavy atom. The molecule has 0 radical (unpaired) electrons. The molecule has 0 aromatic heterocycles. The first-order valence-electron chi connectivity index (χ1n) is 6.17. The van der Waals surface area contributed by atoms with Crippen molar-refractivity contribution in [1.29, 1.82) is 0 Å². The van der Waals surface area contributed by atoms with Crippen LogP contribution in [-0.2, 0) is 6.54 Å². The summed E-state index contributed by atoms with van der Waals surface area (Å²) in [5.41, 5.74) is 2.90. The summed E-state index contributed by atoms with van der Waals surface area (Å²) in [6, 6.07) is 15.1. The van der Waals surface area contributed by atoms with Gasteiger partial charge in [-0.3, -0.25) is 4.79 Å². The second kappa shape index (κ2) is 6.05. The number of hydrogen-bond donors (Lipinski definition) is 1. The van der Waals surface area contributed by atoms with Crippen LogP contribution in [0.4, 0.5) is 0 Å². The number of nitrogens with one attached hydrogen (secondary N) is 1. The first-order chi connectivity index (χ1) is 9.20. The zero-order chi connectivity index (χ0) is 13.7. The normalized spacial score (nSPS) is 10.0. The van der Waals surface area contributed by atoms with Gasteiger partial charge in [-0.25, -0.2) is 0 Å². The molecule has 0 saturated heterocycles. The highest BCUT2D eigenvalue weighted by Gasteiger charge is 2.06. The number of ether oxygens (including phenoxy) is 1. The van der Waals surface area contributed by atoms with Crippen LogP contribution in [-0.4, -0.2) is 13.0 Å². The molecule has 0 spiro atoms. The van der Waals surface area contributed by atoms with Crippen molar-refractivity contribution in [2.75, 3.05) is 7.11 Å². The van der Waals surface area contributed by atoms with Crippen molar-refractivity contribution in [2.45, 2.75) is 13.5 Å². The average molecular weight is 255 g/mol. The molecular weight excluding hydrogens is 238 g/mol. The van der Waals surface area contributed by atoms with Gasteiger partial charge in [0.2, 0.25) is 0 Å². The van der Waals surface area contributed by atoms with Crippen LogP contribution < -0.4 is 10.1 Å². The number of carbonyl (C=O) groups is 1. The van der Waals surface area contributed by atoms with Crippen LogP contribution in [0.15, 0.2) is 48.5 Å². The largest absolute Gasteiger partial charge is 0.497 e. The van der Waals surface area contributed by atoms with E-state index in [4.69, 9.17) is 4.74 Å². The molecule has 0 bridgehead atoms. The van der Waals surface area contributed by atoms with Gasteiger partial charge < -0.3 is 10.1 Å². The molecule has 3 heteroatoms. The van der Waals surface area contributed by atoms with E-state index in [-0.39, 0.29) is 5.91 Å². The lowest BCUT2D eigenvalue weighted by Gasteiger charge is -2.08. The Hall–Kier alpha value is -2.29. The van der Waals surface area contributed by atoms with Crippen LogP contribution >= 0.6 is 0 Å². The fraction of sp³-hybridized carbons (Fsp3) is 0.188. The minimum absolute atomic E-state index is 0.0952. The standard InChI is InChI=1S/C16H17NO2/c1-12-6-3-4-7-14(12)11-17-16(18)13-8-5-9-15(10-13)19-2/h3-10H,11H2,1-2H3,(H,17,18). The third kappa shape index (κ3) is 3.35. The predicted octanol–water partition coefficient (Wildman–Crippen LogP) is 2.93. The van der Waals surface area contributed by atoms with Crippen molar-refractivity contribution in [3.8, 4) is 5.75 Å². The van der Waals surface area contributed by atoms with E-state index < -0.39 is 0 Å². The van der Waals surface area contributed by atoms with Gasteiger partial charge in [0.1, 0.15) is 5.75 Å². The molecule has 0 aliphatic heterocycles. The molecule has 2 rings (SSSR count). The van der Waals surface area contributed by atoms with E-state index in [0.29, 0.717) is 17.9 Å². The summed E-state index contributed by atoms with van der Waals surface area (Å²) in [6.45, 7) is 2.57. The highest BCUT2D eigenvalue weighted by molar-refractivity contribution is 5.94. The molecule has 0 unspecified atom stereocenters. The van der Waals surface area contributed by atoms with E-state index in [9.17, 15) is 4.79 Å². The molecule has 1 amide bonds. The number of aryl methyl sites for hydroxylation is 1. The summed E-state index contributed by atoms with van der Waals surface area (Å²) in [5.74, 6) is 0.589. The number of rotatable bonds is 4. The second-order valence-corrected chi connectivity index (χ2v) is 4.34. The van der Waals surface area contributed by atoms with Gasteiger partial charge >= 0.3 is 0 Å². The van der Waals surface area contributed by atoms with Crippen molar-refractivity contribution < 1.29 is 9.53 Å². The number of benzene rings is 2. The van der Waals surface area contributed by atoms with Gasteiger partial charge in [0, 0.05) is 12.1 Å². The highest BCUT2D eigenvalue weighted by Crippen LogP contribution is 2.13. The molecule has 0 saturated carbocycles. The molecular formula is C16H17NO2. The van der Waals surface area contributed by atoms with Crippen LogP contribution in [0, 0.1) is 6.92 Å². The summed E-state index contributed by atoms with van der Waals surface area (Å²) in [5, 5.41) is 2.91. The second-order valence-electron chi connectivity index (χ2n) is 4.34. The maximum Gasteiger partial charge on any atom is 0.251 e. The van der Waals surface area contributed by atoms with Crippen molar-refractivity contribution >= 4 is 5.91 Å². The average Bonchev–Trinajstić information content (AvgIpc) is 2.46. The smallest absolute Gasteiger partial charge is 0.251 e. The monoisotopic (exact) mass is 255 g/mol. The van der Waals surface area contributed by atoms with E-state index in [1.54, 1.807) is 19.2 Å². The zero-order valence-corrected chi connectivity index (χ0v) is 11.1. The van der Waals surface area contributed by atoms with Gasteiger partial charge in [0.15, 0.2) is 0 Å². The van der Waals surface area contributed by atoms with Gasteiger partial charge in [-0.2, -0.15) is 0 Å². The molecule has 0 atom stereocenters. The zero-order valence-electron chi connectivity index (χ0n) is 11.1. The number of amides is 1. The van der Waals surface area contributed by atoms with Crippen LogP contribution in [0.25, 0.3) is 0 Å². The third-order valence-corrected chi connectivity index (χ3v) is 3.03. The molecule has 3 nitrogen and oxygen atoms in total. The Labute approximate surface area is 113 Å². The van der Waals surface area contributed by atoms with E-state index in [2.05, 4.69) is 5.32 Å². The fourth-order valence-electron chi connectivity index (χ4n) is 1.85. The van der Waals surface area contributed by atoms with Crippen LogP contribution in [0.5, 0.6) is 5.75 Å². The minimum Gasteiger partial charge on any atom is -0.497 e. The summed E-state index contributed by atoms with van der Waals surface area (Å²) >= 11 is 0. The molecule has 1 N–H and O–H groups in total. The molecule has 0 aliphatic rings. The lowest BCUT2D eigenvalue weighted by atomic mass is 10.1. The van der Waals surface area contributed by atoms with Crippen molar-refractivity contribution in [3.63, 3.8) is 0 Å². The summed E-state index contributed by atoms with van der Waals surface area (Å²) in [6.07, 6.45) is 0. The molecule has 0 fully saturated rings. The molecule has 19 heavy (non-hydrogen) atoms. The topological polar surface area (TPSA) is 38.3 Å². The molecule has 2 aromatic rings. The Balaban J connectivity index is 2.03. The quantitative estimate of drug-likeness (QED) is 0.912. The van der Waals surface area contributed by atoms with Crippen molar-refractivity contribution in [3.05, 3.63) is 65.2 Å². The number of methoxy groups -OCH3 is 1. The Kier molecular flexibility index (Phi) is 4.18. The third-order valence-electron chi connectivity index (χ3n) is 3.03. The summed E-state index contributed by atoms with van der Waals surface area (Å²) in [4.78, 5) is 12.0. The predicted molar refractivity (Wildman–Crippen MR) is 75.3 cm³/mol.